The number of ether oxygens (including phenoxy) is 2. The minimum absolute atomic E-state index is 0.261. The van der Waals surface area contributed by atoms with Crippen LogP contribution in [0.5, 0.6) is 11.5 Å². The molecule has 0 radical (unpaired) electrons. The first-order chi connectivity index (χ1) is 13.3. The number of methoxy groups -OCH3 is 1. The maximum atomic E-state index is 11.4. The van der Waals surface area contributed by atoms with Crippen LogP contribution >= 0.6 is 0 Å². The van der Waals surface area contributed by atoms with Crippen molar-refractivity contribution in [2.45, 2.75) is 59.8 Å². The van der Waals surface area contributed by atoms with Crippen molar-refractivity contribution in [3.05, 3.63) is 58.7 Å². The number of benzene rings is 1. The smallest absolute Gasteiger partial charge is 0.330 e. The molecule has 28 heavy (non-hydrogen) atoms. The predicted molar refractivity (Wildman–Crippen MR) is 115 cm³/mol. The summed E-state index contributed by atoms with van der Waals surface area (Å²) < 4.78 is 10.1. The Hall–Kier alpha value is -2.49. The van der Waals surface area contributed by atoms with E-state index in [1.807, 2.05) is 19.9 Å². The van der Waals surface area contributed by atoms with E-state index >= 15 is 0 Å². The van der Waals surface area contributed by atoms with Crippen LogP contribution in [0.1, 0.15) is 58.9 Å². The summed E-state index contributed by atoms with van der Waals surface area (Å²) in [6.07, 6.45) is 10.5. The van der Waals surface area contributed by atoms with E-state index in [1.54, 1.807) is 25.3 Å². The molecular weight excluding hydrogens is 352 g/mol. The maximum absolute atomic E-state index is 11.4. The van der Waals surface area contributed by atoms with Crippen molar-refractivity contribution in [3.8, 4) is 11.5 Å². The van der Waals surface area contributed by atoms with Crippen molar-refractivity contribution in [1.82, 2.24) is 0 Å². The summed E-state index contributed by atoms with van der Waals surface area (Å²) in [6.45, 7) is 8.40. The molecule has 1 N–H and O–H groups in total. The Morgan fingerprint density at radius 1 is 1.04 bits per heavy atom. The standard InChI is InChI=1S/C24H34O4/c1-6-28-24(26)16-20(4)12-8-10-18(2)9-7-11-19(3)15-21-17-22(27-5)13-14-23(21)25/h10-11,13-14,16-17,25H,6-9,12,15H2,1-5H3/b18-10+,19-11+,20-16+. The van der Waals surface area contributed by atoms with Crippen LogP contribution in [0.2, 0.25) is 0 Å². The Morgan fingerprint density at radius 3 is 2.32 bits per heavy atom. The Labute approximate surface area is 169 Å². The normalized spacial score (nSPS) is 12.8. The molecule has 0 fully saturated rings. The van der Waals surface area contributed by atoms with Crippen LogP contribution in [-0.2, 0) is 16.0 Å². The summed E-state index contributed by atoms with van der Waals surface area (Å²) in [5.41, 5.74) is 4.49. The molecule has 0 amide bonds. The zero-order valence-corrected chi connectivity index (χ0v) is 17.9. The molecule has 1 aromatic carbocycles. The van der Waals surface area contributed by atoms with Crippen molar-refractivity contribution in [3.63, 3.8) is 0 Å². The molecule has 0 unspecified atom stereocenters. The quantitative estimate of drug-likeness (QED) is 0.292. The molecule has 0 saturated carbocycles. The lowest BCUT2D eigenvalue weighted by atomic mass is 10.0. The summed E-state index contributed by atoms with van der Waals surface area (Å²) in [7, 11) is 1.63. The van der Waals surface area contributed by atoms with E-state index in [4.69, 9.17) is 9.47 Å². The highest BCUT2D eigenvalue weighted by Crippen LogP contribution is 2.25. The molecule has 0 aliphatic heterocycles. The van der Waals surface area contributed by atoms with Crippen LogP contribution in [-0.4, -0.2) is 24.8 Å². The molecule has 1 rings (SSSR count). The van der Waals surface area contributed by atoms with Gasteiger partial charge in [0.25, 0.3) is 0 Å². The third-order valence-electron chi connectivity index (χ3n) is 4.47. The van der Waals surface area contributed by atoms with Gasteiger partial charge in [-0.15, -0.1) is 0 Å². The van der Waals surface area contributed by atoms with Crippen LogP contribution in [0.3, 0.4) is 0 Å². The molecule has 4 nitrogen and oxygen atoms in total. The highest BCUT2D eigenvalue weighted by atomic mass is 16.5. The van der Waals surface area contributed by atoms with Gasteiger partial charge in [0, 0.05) is 11.6 Å². The summed E-state index contributed by atoms with van der Waals surface area (Å²) in [5.74, 6) is 0.797. The maximum Gasteiger partial charge on any atom is 0.330 e. The fourth-order valence-corrected chi connectivity index (χ4v) is 2.85. The molecule has 0 bridgehead atoms. The molecule has 154 valence electrons. The molecule has 0 atom stereocenters. The van der Waals surface area contributed by atoms with E-state index in [0.717, 1.165) is 42.6 Å². The third-order valence-corrected chi connectivity index (χ3v) is 4.47. The summed E-state index contributed by atoms with van der Waals surface area (Å²) in [4.78, 5) is 11.4. The second-order valence-corrected chi connectivity index (χ2v) is 7.09. The lowest BCUT2D eigenvalue weighted by molar-refractivity contribution is -0.137. The average Bonchev–Trinajstić information content (AvgIpc) is 2.63. The zero-order valence-electron chi connectivity index (χ0n) is 17.9. The lowest BCUT2D eigenvalue weighted by Gasteiger charge is -2.08. The number of carbonyl (C=O) groups excluding carboxylic acids is 1. The van der Waals surface area contributed by atoms with Crippen molar-refractivity contribution in [2.24, 2.45) is 0 Å². The number of phenols is 1. The third kappa shape index (κ3) is 9.45. The van der Waals surface area contributed by atoms with E-state index in [1.165, 1.54) is 11.1 Å². The second kappa shape index (κ2) is 12.8. The molecular formula is C24H34O4. The van der Waals surface area contributed by atoms with E-state index in [2.05, 4.69) is 26.0 Å². The highest BCUT2D eigenvalue weighted by molar-refractivity contribution is 5.82. The molecule has 0 aliphatic carbocycles. The van der Waals surface area contributed by atoms with Crippen LogP contribution < -0.4 is 4.74 Å². The number of esters is 1. The van der Waals surface area contributed by atoms with Crippen LogP contribution in [0.15, 0.2) is 53.1 Å². The van der Waals surface area contributed by atoms with Crippen molar-refractivity contribution < 1.29 is 19.4 Å². The molecule has 0 aromatic heterocycles. The summed E-state index contributed by atoms with van der Waals surface area (Å²) in [6, 6.07) is 5.31. The van der Waals surface area contributed by atoms with Gasteiger partial charge in [0.2, 0.25) is 0 Å². The number of hydrogen-bond donors (Lipinski definition) is 1. The first kappa shape index (κ1) is 23.5. The van der Waals surface area contributed by atoms with E-state index in [0.29, 0.717) is 18.8 Å². The van der Waals surface area contributed by atoms with E-state index in [-0.39, 0.29) is 5.97 Å². The molecule has 0 aliphatic rings. The highest BCUT2D eigenvalue weighted by Gasteiger charge is 2.04. The average molecular weight is 387 g/mol. The van der Waals surface area contributed by atoms with E-state index in [9.17, 15) is 9.90 Å². The molecule has 4 heteroatoms. The van der Waals surface area contributed by atoms with Gasteiger partial charge in [0.15, 0.2) is 0 Å². The van der Waals surface area contributed by atoms with Gasteiger partial charge in [-0.05, 0) is 78.0 Å². The number of aromatic hydroxyl groups is 1. The lowest BCUT2D eigenvalue weighted by Crippen LogP contribution is -2.00. The molecule has 1 aromatic rings. The number of rotatable bonds is 11. The van der Waals surface area contributed by atoms with Crippen molar-refractivity contribution >= 4 is 5.97 Å². The molecule has 0 heterocycles. The van der Waals surface area contributed by atoms with Gasteiger partial charge >= 0.3 is 5.97 Å². The van der Waals surface area contributed by atoms with Gasteiger partial charge in [-0.1, -0.05) is 28.9 Å². The first-order valence-electron chi connectivity index (χ1n) is 9.86. The van der Waals surface area contributed by atoms with E-state index < -0.39 is 0 Å². The van der Waals surface area contributed by atoms with Gasteiger partial charge in [-0.25, -0.2) is 4.79 Å². The molecule has 0 spiro atoms. The first-order valence-corrected chi connectivity index (χ1v) is 9.86. The van der Waals surface area contributed by atoms with Crippen LogP contribution in [0.4, 0.5) is 0 Å². The molecule has 0 saturated heterocycles. The Kier molecular flexibility index (Phi) is 10.8. The van der Waals surface area contributed by atoms with Gasteiger partial charge in [-0.3, -0.25) is 0 Å². The van der Waals surface area contributed by atoms with Gasteiger partial charge in [-0.2, -0.15) is 0 Å². The number of hydrogen-bond acceptors (Lipinski definition) is 4. The van der Waals surface area contributed by atoms with Gasteiger partial charge < -0.3 is 14.6 Å². The number of phenolic OH excluding ortho intramolecular Hbond substituents is 1. The fraction of sp³-hybridized carbons (Fsp3) is 0.458. The summed E-state index contributed by atoms with van der Waals surface area (Å²) >= 11 is 0. The zero-order chi connectivity index (χ0) is 20.9. The number of allylic oxidation sites excluding steroid dienone is 5. The van der Waals surface area contributed by atoms with Crippen LogP contribution in [0.25, 0.3) is 0 Å². The SMILES string of the molecule is CCOC(=O)/C=C(\C)CC/C=C(\C)CC/C=C(\C)Cc1cc(OC)ccc1O. The fourth-order valence-electron chi connectivity index (χ4n) is 2.85. The second-order valence-electron chi connectivity index (χ2n) is 7.09. The van der Waals surface area contributed by atoms with Crippen molar-refractivity contribution in [2.75, 3.05) is 13.7 Å². The van der Waals surface area contributed by atoms with Crippen molar-refractivity contribution in [1.29, 1.82) is 0 Å². The Bertz CT molecular complexity index is 726. The summed E-state index contributed by atoms with van der Waals surface area (Å²) in [5, 5.41) is 9.99. The topological polar surface area (TPSA) is 55.8 Å². The predicted octanol–water partition coefficient (Wildman–Crippen LogP) is 5.91. The largest absolute Gasteiger partial charge is 0.508 e. The Morgan fingerprint density at radius 2 is 1.68 bits per heavy atom. The van der Waals surface area contributed by atoms with Gasteiger partial charge in [0.05, 0.1) is 13.7 Å². The monoisotopic (exact) mass is 386 g/mol. The minimum Gasteiger partial charge on any atom is -0.508 e. The number of carbonyl (C=O) groups is 1. The minimum atomic E-state index is -0.261. The van der Waals surface area contributed by atoms with Gasteiger partial charge in [0.1, 0.15) is 11.5 Å². The van der Waals surface area contributed by atoms with Crippen LogP contribution in [0, 0.1) is 0 Å². The Balaban J connectivity index is 2.44.